The summed E-state index contributed by atoms with van der Waals surface area (Å²) < 4.78 is 30.1. The summed E-state index contributed by atoms with van der Waals surface area (Å²) in [6, 6.07) is 9.76. The second-order valence-corrected chi connectivity index (χ2v) is 8.63. The summed E-state index contributed by atoms with van der Waals surface area (Å²) in [5.41, 5.74) is 2.15. The van der Waals surface area contributed by atoms with Crippen molar-refractivity contribution in [2.75, 3.05) is 6.54 Å². The average Bonchev–Trinajstić information content (AvgIpc) is 2.91. The van der Waals surface area contributed by atoms with Crippen molar-refractivity contribution in [1.29, 1.82) is 0 Å². The van der Waals surface area contributed by atoms with Crippen LogP contribution in [0.2, 0.25) is 0 Å². The van der Waals surface area contributed by atoms with Crippen LogP contribution in [0.15, 0.2) is 34.9 Å². The second kappa shape index (κ2) is 7.82. The normalized spacial score (nSPS) is 14.1. The van der Waals surface area contributed by atoms with Crippen molar-refractivity contribution in [2.45, 2.75) is 44.6 Å². The maximum atomic E-state index is 12.5. The molecule has 0 saturated carbocycles. The van der Waals surface area contributed by atoms with Crippen LogP contribution >= 0.6 is 0 Å². The molecule has 0 spiro atoms. The first-order chi connectivity index (χ1) is 11.7. The number of hydrogen-bond acceptors (Lipinski definition) is 5. The first-order valence-corrected chi connectivity index (χ1v) is 9.90. The van der Waals surface area contributed by atoms with Gasteiger partial charge in [0.1, 0.15) is 11.0 Å². The van der Waals surface area contributed by atoms with Gasteiger partial charge in [-0.2, -0.15) is 0 Å². The van der Waals surface area contributed by atoms with Crippen LogP contribution in [0, 0.1) is 13.8 Å². The van der Waals surface area contributed by atoms with Gasteiger partial charge in [-0.3, -0.25) is 4.79 Å². The van der Waals surface area contributed by atoms with Crippen LogP contribution in [0.1, 0.15) is 42.3 Å². The molecule has 0 aliphatic heterocycles. The van der Waals surface area contributed by atoms with Crippen molar-refractivity contribution in [3.8, 4) is 0 Å². The molecule has 0 aliphatic carbocycles. The minimum absolute atomic E-state index is 0.0996. The number of nitrogens with one attached hydrogen (secondary N) is 1. The molecule has 0 bridgehead atoms. The molecular formula is C18H24N2O4S. The monoisotopic (exact) mass is 364 g/mol. The summed E-state index contributed by atoms with van der Waals surface area (Å²) >= 11 is 0. The van der Waals surface area contributed by atoms with E-state index < -0.39 is 21.0 Å². The fraction of sp³-hybridized carbons (Fsp3) is 0.444. The third-order valence-electron chi connectivity index (χ3n) is 4.39. The number of carbonyl (C=O) groups is 1. The first-order valence-electron chi connectivity index (χ1n) is 8.18. The number of rotatable bonds is 7. The fourth-order valence-corrected chi connectivity index (χ4v) is 3.97. The molecule has 1 amide bonds. The molecule has 2 atom stereocenters. The average molecular weight is 364 g/mol. The standard InChI is InChI=1S/C18H24N2O4S/c1-12(16-8-6-5-7-9-16)10-19-18(21)15(4)25(22,23)11-17-13(2)20-24-14(17)3/h5-9,12,15H,10-11H2,1-4H3,(H,19,21)/t12-,15-/m1/s1. The molecule has 0 aliphatic rings. The lowest BCUT2D eigenvalue weighted by Crippen LogP contribution is -2.40. The molecule has 0 fully saturated rings. The molecule has 1 N–H and O–H groups in total. The molecule has 1 aromatic carbocycles. The van der Waals surface area contributed by atoms with Crippen molar-refractivity contribution < 1.29 is 17.7 Å². The molecule has 0 radical (unpaired) electrons. The Kier molecular flexibility index (Phi) is 6.00. The molecule has 7 heteroatoms. The van der Waals surface area contributed by atoms with E-state index in [9.17, 15) is 13.2 Å². The van der Waals surface area contributed by atoms with E-state index in [0.717, 1.165) is 5.56 Å². The van der Waals surface area contributed by atoms with Gasteiger partial charge in [0.05, 0.1) is 11.4 Å². The number of benzene rings is 1. The number of sulfone groups is 1. The quantitative estimate of drug-likeness (QED) is 0.815. The Morgan fingerprint density at radius 3 is 2.40 bits per heavy atom. The van der Waals surface area contributed by atoms with Crippen LogP contribution < -0.4 is 5.32 Å². The summed E-state index contributed by atoms with van der Waals surface area (Å²) in [6.07, 6.45) is 0. The summed E-state index contributed by atoms with van der Waals surface area (Å²) in [4.78, 5) is 12.3. The Hall–Kier alpha value is -2.15. The van der Waals surface area contributed by atoms with Gasteiger partial charge in [-0.25, -0.2) is 8.42 Å². The van der Waals surface area contributed by atoms with E-state index >= 15 is 0 Å². The van der Waals surface area contributed by atoms with Gasteiger partial charge in [0.2, 0.25) is 5.91 Å². The molecule has 2 aromatic rings. The smallest absolute Gasteiger partial charge is 0.238 e. The highest BCUT2D eigenvalue weighted by Gasteiger charge is 2.30. The second-order valence-electron chi connectivity index (χ2n) is 6.31. The third-order valence-corrected chi connectivity index (χ3v) is 6.37. The maximum Gasteiger partial charge on any atom is 0.238 e. The van der Waals surface area contributed by atoms with E-state index in [4.69, 9.17) is 4.52 Å². The van der Waals surface area contributed by atoms with Crippen molar-refractivity contribution in [1.82, 2.24) is 10.5 Å². The van der Waals surface area contributed by atoms with Crippen molar-refractivity contribution in [3.63, 3.8) is 0 Å². The Morgan fingerprint density at radius 1 is 1.20 bits per heavy atom. The van der Waals surface area contributed by atoms with Crippen LogP contribution in [0.25, 0.3) is 0 Å². The van der Waals surface area contributed by atoms with Crippen LogP contribution in [0.5, 0.6) is 0 Å². The lowest BCUT2D eigenvalue weighted by molar-refractivity contribution is -0.120. The van der Waals surface area contributed by atoms with E-state index in [1.165, 1.54) is 6.92 Å². The predicted octanol–water partition coefficient (Wildman–Crippen LogP) is 2.51. The van der Waals surface area contributed by atoms with Gasteiger partial charge in [-0.05, 0) is 32.3 Å². The van der Waals surface area contributed by atoms with E-state index in [1.807, 2.05) is 37.3 Å². The van der Waals surface area contributed by atoms with Crippen LogP contribution in [0.3, 0.4) is 0 Å². The zero-order valence-corrected chi connectivity index (χ0v) is 15.8. The van der Waals surface area contributed by atoms with Crippen LogP contribution in [0.4, 0.5) is 0 Å². The van der Waals surface area contributed by atoms with Gasteiger partial charge in [0.25, 0.3) is 0 Å². The first kappa shape index (κ1) is 19.2. The fourth-order valence-electron chi connectivity index (χ4n) is 2.49. The number of nitrogens with zero attached hydrogens (tertiary/aromatic N) is 1. The number of carbonyl (C=O) groups excluding carboxylic acids is 1. The minimum Gasteiger partial charge on any atom is -0.361 e. The minimum atomic E-state index is -3.65. The summed E-state index contributed by atoms with van der Waals surface area (Å²) in [5.74, 6) is -0.180. The van der Waals surface area contributed by atoms with E-state index in [-0.39, 0.29) is 11.7 Å². The summed E-state index contributed by atoms with van der Waals surface area (Å²) in [6.45, 7) is 7.13. The van der Waals surface area contributed by atoms with Crippen LogP contribution in [-0.4, -0.2) is 31.3 Å². The van der Waals surface area contributed by atoms with E-state index in [1.54, 1.807) is 13.8 Å². The van der Waals surface area contributed by atoms with Crippen molar-refractivity contribution >= 4 is 15.7 Å². The topological polar surface area (TPSA) is 89.3 Å². The number of amides is 1. The lowest BCUT2D eigenvalue weighted by atomic mass is 10.0. The molecule has 136 valence electrons. The highest BCUT2D eigenvalue weighted by atomic mass is 32.2. The third kappa shape index (κ3) is 4.69. The zero-order chi connectivity index (χ0) is 18.6. The van der Waals surface area contributed by atoms with Crippen LogP contribution in [-0.2, 0) is 20.4 Å². The highest BCUT2D eigenvalue weighted by molar-refractivity contribution is 7.92. The Bertz CT molecular complexity index is 809. The summed E-state index contributed by atoms with van der Waals surface area (Å²) in [5, 5.41) is 5.36. The molecule has 2 rings (SSSR count). The SMILES string of the molecule is Cc1noc(C)c1CS(=O)(=O)[C@H](C)C(=O)NC[C@@H](C)c1ccccc1. The molecule has 1 heterocycles. The Labute approximate surface area is 148 Å². The predicted molar refractivity (Wildman–Crippen MR) is 95.9 cm³/mol. The van der Waals surface area contributed by atoms with Gasteiger partial charge in [0, 0.05) is 12.1 Å². The zero-order valence-electron chi connectivity index (χ0n) is 14.9. The van der Waals surface area contributed by atoms with Crippen molar-refractivity contribution in [2.24, 2.45) is 0 Å². The number of hydrogen-bond donors (Lipinski definition) is 1. The number of aryl methyl sites for hydroxylation is 2. The molecule has 0 saturated heterocycles. The van der Waals surface area contributed by atoms with Gasteiger partial charge < -0.3 is 9.84 Å². The molecule has 1 aromatic heterocycles. The highest BCUT2D eigenvalue weighted by Crippen LogP contribution is 2.19. The van der Waals surface area contributed by atoms with Gasteiger partial charge in [-0.1, -0.05) is 42.4 Å². The lowest BCUT2D eigenvalue weighted by Gasteiger charge is -2.16. The Balaban J connectivity index is 1.99. The maximum absolute atomic E-state index is 12.5. The van der Waals surface area contributed by atoms with Crippen molar-refractivity contribution in [3.05, 3.63) is 52.9 Å². The molecule has 0 unspecified atom stereocenters. The molecular weight excluding hydrogens is 340 g/mol. The van der Waals surface area contributed by atoms with E-state index in [2.05, 4.69) is 10.5 Å². The molecule has 6 nitrogen and oxygen atoms in total. The van der Waals surface area contributed by atoms with E-state index in [0.29, 0.717) is 23.6 Å². The number of aromatic nitrogens is 1. The molecule has 25 heavy (non-hydrogen) atoms. The van der Waals surface area contributed by atoms with Gasteiger partial charge >= 0.3 is 0 Å². The van der Waals surface area contributed by atoms with Gasteiger partial charge in [0.15, 0.2) is 9.84 Å². The van der Waals surface area contributed by atoms with Gasteiger partial charge in [-0.15, -0.1) is 0 Å². The Morgan fingerprint density at radius 2 is 1.84 bits per heavy atom. The summed E-state index contributed by atoms with van der Waals surface area (Å²) in [7, 11) is -3.65. The largest absolute Gasteiger partial charge is 0.361 e.